The first-order chi connectivity index (χ1) is 12.1. The Morgan fingerprint density at radius 2 is 1.60 bits per heavy atom. The first-order valence-corrected chi connectivity index (χ1v) is 9.95. The topological polar surface area (TPSA) is 53.1 Å². The third kappa shape index (κ3) is 5.09. The summed E-state index contributed by atoms with van der Waals surface area (Å²) in [7, 11) is 1.68. The summed E-state index contributed by atoms with van der Waals surface area (Å²) in [5.41, 5.74) is 0. The lowest BCUT2D eigenvalue weighted by Gasteiger charge is -2.38. The van der Waals surface area contributed by atoms with Crippen molar-refractivity contribution in [3.63, 3.8) is 0 Å². The van der Waals surface area contributed by atoms with E-state index in [0.29, 0.717) is 26.2 Å². The smallest absolute Gasteiger partial charge is 0.319 e. The number of carbonyl (C=O) groups is 2. The van der Waals surface area contributed by atoms with Crippen LogP contribution in [0.2, 0.25) is 0 Å². The summed E-state index contributed by atoms with van der Waals surface area (Å²) in [6.45, 7) is 8.69. The number of likely N-dealkylation sites (tertiary alicyclic amines) is 2. The standard InChI is InChI=1S/C19H35N3O3/c1-4-17(5-2)22(14-15-25-3)18(23)16-8-12-21(13-9-16)19(24)20-10-6-7-11-20/h16-17H,4-15H2,1-3H3. The number of rotatable bonds is 7. The van der Waals surface area contributed by atoms with Gasteiger partial charge in [-0.3, -0.25) is 4.79 Å². The summed E-state index contributed by atoms with van der Waals surface area (Å²) in [5.74, 6) is 0.291. The molecular formula is C19H35N3O3. The highest BCUT2D eigenvalue weighted by Gasteiger charge is 2.33. The summed E-state index contributed by atoms with van der Waals surface area (Å²) in [6.07, 6.45) is 5.73. The third-order valence-corrected chi connectivity index (χ3v) is 5.69. The van der Waals surface area contributed by atoms with Crippen LogP contribution >= 0.6 is 0 Å². The maximum atomic E-state index is 13.1. The van der Waals surface area contributed by atoms with Crippen LogP contribution in [0.15, 0.2) is 0 Å². The highest BCUT2D eigenvalue weighted by molar-refractivity contribution is 5.80. The molecule has 25 heavy (non-hydrogen) atoms. The minimum atomic E-state index is 0.0417. The Kier molecular flexibility index (Phi) is 8.00. The van der Waals surface area contributed by atoms with Crippen molar-refractivity contribution in [3.05, 3.63) is 0 Å². The first kappa shape index (κ1) is 20.0. The summed E-state index contributed by atoms with van der Waals surface area (Å²) in [5, 5.41) is 0. The Bertz CT molecular complexity index is 426. The van der Waals surface area contributed by atoms with Gasteiger partial charge in [-0.25, -0.2) is 4.79 Å². The van der Waals surface area contributed by atoms with Crippen LogP contribution in [-0.2, 0) is 9.53 Å². The Hall–Kier alpha value is -1.30. The molecule has 2 heterocycles. The van der Waals surface area contributed by atoms with Crippen molar-refractivity contribution < 1.29 is 14.3 Å². The van der Waals surface area contributed by atoms with Gasteiger partial charge in [-0.05, 0) is 38.5 Å². The molecule has 0 saturated carbocycles. The second-order valence-corrected chi connectivity index (χ2v) is 7.23. The minimum Gasteiger partial charge on any atom is -0.383 e. The van der Waals surface area contributed by atoms with Gasteiger partial charge in [0, 0.05) is 51.8 Å². The fraction of sp³-hybridized carbons (Fsp3) is 0.895. The van der Waals surface area contributed by atoms with Crippen LogP contribution in [-0.4, -0.2) is 79.1 Å². The van der Waals surface area contributed by atoms with Gasteiger partial charge >= 0.3 is 6.03 Å². The van der Waals surface area contributed by atoms with Crippen LogP contribution in [0, 0.1) is 5.92 Å². The lowest BCUT2D eigenvalue weighted by atomic mass is 9.94. The van der Waals surface area contributed by atoms with Crippen molar-refractivity contribution in [1.82, 2.24) is 14.7 Å². The predicted molar refractivity (Wildman–Crippen MR) is 98.5 cm³/mol. The summed E-state index contributed by atoms with van der Waals surface area (Å²) < 4.78 is 5.20. The largest absolute Gasteiger partial charge is 0.383 e. The first-order valence-electron chi connectivity index (χ1n) is 9.95. The highest BCUT2D eigenvalue weighted by atomic mass is 16.5. The monoisotopic (exact) mass is 353 g/mol. The molecule has 6 heteroatoms. The van der Waals surface area contributed by atoms with E-state index in [-0.39, 0.29) is 23.9 Å². The molecular weight excluding hydrogens is 318 g/mol. The van der Waals surface area contributed by atoms with Crippen LogP contribution in [0.25, 0.3) is 0 Å². The summed E-state index contributed by atoms with van der Waals surface area (Å²) in [6, 6.07) is 0.451. The van der Waals surface area contributed by atoms with Gasteiger partial charge in [0.1, 0.15) is 0 Å². The maximum absolute atomic E-state index is 13.1. The Morgan fingerprint density at radius 3 is 2.12 bits per heavy atom. The molecule has 0 spiro atoms. The zero-order valence-electron chi connectivity index (χ0n) is 16.2. The van der Waals surface area contributed by atoms with Gasteiger partial charge in [-0.15, -0.1) is 0 Å². The molecule has 6 nitrogen and oxygen atoms in total. The third-order valence-electron chi connectivity index (χ3n) is 5.69. The zero-order valence-corrected chi connectivity index (χ0v) is 16.2. The van der Waals surface area contributed by atoms with Crippen LogP contribution in [0.1, 0.15) is 52.4 Å². The van der Waals surface area contributed by atoms with E-state index in [1.165, 1.54) is 0 Å². The van der Waals surface area contributed by atoms with Crippen LogP contribution in [0.3, 0.4) is 0 Å². The molecule has 0 aromatic rings. The summed E-state index contributed by atoms with van der Waals surface area (Å²) in [4.78, 5) is 31.5. The van der Waals surface area contributed by atoms with E-state index in [2.05, 4.69) is 13.8 Å². The van der Waals surface area contributed by atoms with E-state index in [4.69, 9.17) is 4.74 Å². The molecule has 0 unspecified atom stereocenters. The molecule has 0 bridgehead atoms. The molecule has 0 atom stereocenters. The van der Waals surface area contributed by atoms with Crippen molar-refractivity contribution in [2.45, 2.75) is 58.4 Å². The number of carbonyl (C=O) groups excluding carboxylic acids is 2. The Labute approximate surface area is 152 Å². The Balaban J connectivity index is 1.90. The predicted octanol–water partition coefficient (Wildman–Crippen LogP) is 2.58. The molecule has 2 aliphatic heterocycles. The number of hydrogen-bond acceptors (Lipinski definition) is 3. The fourth-order valence-corrected chi connectivity index (χ4v) is 4.05. The second kappa shape index (κ2) is 10.00. The van der Waals surface area contributed by atoms with E-state index in [1.54, 1.807) is 7.11 Å². The van der Waals surface area contributed by atoms with Crippen molar-refractivity contribution in [2.75, 3.05) is 46.4 Å². The summed E-state index contributed by atoms with van der Waals surface area (Å²) >= 11 is 0. The molecule has 2 fully saturated rings. The molecule has 2 saturated heterocycles. The fourth-order valence-electron chi connectivity index (χ4n) is 4.05. The SMILES string of the molecule is CCC(CC)N(CCOC)C(=O)C1CCN(C(=O)N2CCCC2)CC1. The Morgan fingerprint density at radius 1 is 1.04 bits per heavy atom. The van der Waals surface area contributed by atoms with Crippen LogP contribution in [0.5, 0.6) is 0 Å². The highest BCUT2D eigenvalue weighted by Crippen LogP contribution is 2.24. The van der Waals surface area contributed by atoms with Crippen molar-refractivity contribution in [3.8, 4) is 0 Å². The van der Waals surface area contributed by atoms with E-state index in [1.807, 2.05) is 14.7 Å². The molecule has 3 amide bonds. The average molecular weight is 354 g/mol. The van der Waals surface area contributed by atoms with E-state index >= 15 is 0 Å². The normalized spacial score (nSPS) is 18.9. The number of amides is 3. The molecule has 0 aromatic carbocycles. The molecule has 0 aliphatic carbocycles. The van der Waals surface area contributed by atoms with E-state index in [9.17, 15) is 9.59 Å². The number of nitrogens with zero attached hydrogens (tertiary/aromatic N) is 3. The molecule has 0 N–H and O–H groups in total. The quantitative estimate of drug-likeness (QED) is 0.707. The van der Waals surface area contributed by atoms with Crippen molar-refractivity contribution in [2.24, 2.45) is 5.92 Å². The van der Waals surface area contributed by atoms with Gasteiger partial charge in [-0.1, -0.05) is 13.8 Å². The van der Waals surface area contributed by atoms with Gasteiger partial charge in [0.25, 0.3) is 0 Å². The van der Waals surface area contributed by atoms with Crippen molar-refractivity contribution in [1.29, 1.82) is 0 Å². The molecule has 2 aliphatic rings. The zero-order chi connectivity index (χ0) is 18.2. The van der Waals surface area contributed by atoms with Gasteiger partial charge in [-0.2, -0.15) is 0 Å². The van der Waals surface area contributed by atoms with Gasteiger partial charge in [0.15, 0.2) is 0 Å². The van der Waals surface area contributed by atoms with Crippen LogP contribution < -0.4 is 0 Å². The lowest BCUT2D eigenvalue weighted by molar-refractivity contribution is -0.140. The van der Waals surface area contributed by atoms with Gasteiger partial charge < -0.3 is 19.4 Å². The number of urea groups is 1. The molecule has 144 valence electrons. The molecule has 0 aromatic heterocycles. The van der Waals surface area contributed by atoms with Gasteiger partial charge in [0.05, 0.1) is 6.61 Å². The minimum absolute atomic E-state index is 0.0417. The maximum Gasteiger partial charge on any atom is 0.319 e. The molecule has 0 radical (unpaired) electrons. The molecule has 2 rings (SSSR count). The number of hydrogen-bond donors (Lipinski definition) is 0. The average Bonchev–Trinajstić information content (AvgIpc) is 3.19. The second-order valence-electron chi connectivity index (χ2n) is 7.23. The van der Waals surface area contributed by atoms with Crippen molar-refractivity contribution >= 4 is 11.9 Å². The van der Waals surface area contributed by atoms with Gasteiger partial charge in [0.2, 0.25) is 5.91 Å². The van der Waals surface area contributed by atoms with E-state index in [0.717, 1.165) is 51.6 Å². The number of methoxy groups -OCH3 is 1. The number of ether oxygens (including phenoxy) is 1. The lowest BCUT2D eigenvalue weighted by Crippen LogP contribution is -2.50. The van der Waals surface area contributed by atoms with E-state index < -0.39 is 0 Å². The number of piperidine rings is 1. The van der Waals surface area contributed by atoms with Crippen LogP contribution in [0.4, 0.5) is 4.79 Å².